The number of carbonyl (C=O) groups excluding carboxylic acids is 2. The molecular weight excluding hydrogens is 593 g/mol. The number of aromatic nitrogens is 2. The SMILES string of the molecule is CCC(NC(=O)c1ccc(Cl)c2cc3ccccc3nc12)C(N)C(CC)NC(=O)c1ccc(Cl)c2cc3ccccc3nc12. The predicted molar refractivity (Wildman–Crippen MR) is 180 cm³/mol. The Morgan fingerprint density at radius 2 is 1.09 bits per heavy atom. The van der Waals surface area contributed by atoms with Crippen molar-refractivity contribution >= 4 is 78.6 Å². The second-order valence-corrected chi connectivity index (χ2v) is 11.7. The largest absolute Gasteiger partial charge is 0.348 e. The van der Waals surface area contributed by atoms with Gasteiger partial charge >= 0.3 is 0 Å². The molecule has 2 unspecified atom stereocenters. The van der Waals surface area contributed by atoms with Gasteiger partial charge in [0.05, 0.1) is 43.2 Å². The first-order chi connectivity index (χ1) is 21.3. The molecule has 44 heavy (non-hydrogen) atoms. The Balaban J connectivity index is 1.25. The Morgan fingerprint density at radius 1 is 0.682 bits per heavy atom. The summed E-state index contributed by atoms with van der Waals surface area (Å²) < 4.78 is 0. The number of para-hydroxylation sites is 2. The quantitative estimate of drug-likeness (QED) is 0.153. The number of hydrogen-bond donors (Lipinski definition) is 3. The first-order valence-corrected chi connectivity index (χ1v) is 15.4. The molecule has 0 saturated carbocycles. The van der Waals surface area contributed by atoms with E-state index in [1.54, 1.807) is 24.3 Å². The summed E-state index contributed by atoms with van der Waals surface area (Å²) in [6.07, 6.45) is 1.11. The number of carbonyl (C=O) groups is 2. The van der Waals surface area contributed by atoms with Crippen LogP contribution in [0, 0.1) is 0 Å². The van der Waals surface area contributed by atoms with Gasteiger partial charge in [0.2, 0.25) is 0 Å². The number of pyridine rings is 2. The van der Waals surface area contributed by atoms with Crippen LogP contribution in [0.15, 0.2) is 84.9 Å². The van der Waals surface area contributed by atoms with Crippen molar-refractivity contribution < 1.29 is 9.59 Å². The zero-order valence-electron chi connectivity index (χ0n) is 24.3. The minimum absolute atomic E-state index is 0.308. The highest BCUT2D eigenvalue weighted by atomic mass is 35.5. The number of halogens is 2. The standard InChI is InChI=1S/C35H31Cl2N5O2/c1-3-27(41-34(43)21-13-15-25(36)23-17-19-9-5-7-11-29(19)39-32(21)23)31(38)28(4-2)42-35(44)22-14-16-26(37)24-18-20-10-6-8-12-30(20)40-33(22)24/h5-18,27-28,31H,3-4,38H2,1-2H3,(H,41,43)(H,42,44). The van der Waals surface area contributed by atoms with Crippen LogP contribution in [0.3, 0.4) is 0 Å². The van der Waals surface area contributed by atoms with Crippen molar-refractivity contribution in [2.75, 3.05) is 0 Å². The third-order valence-electron chi connectivity index (χ3n) is 8.20. The van der Waals surface area contributed by atoms with Crippen LogP contribution in [-0.2, 0) is 0 Å². The minimum Gasteiger partial charge on any atom is -0.348 e. The molecule has 2 aromatic heterocycles. The highest BCUT2D eigenvalue weighted by Gasteiger charge is 2.29. The molecule has 6 aromatic rings. The molecule has 222 valence electrons. The van der Waals surface area contributed by atoms with Gasteiger partial charge in [0, 0.05) is 39.7 Å². The van der Waals surface area contributed by atoms with Crippen molar-refractivity contribution in [3.63, 3.8) is 0 Å². The number of nitrogens with zero attached hydrogens (tertiary/aromatic N) is 2. The van der Waals surface area contributed by atoms with Crippen LogP contribution < -0.4 is 16.4 Å². The van der Waals surface area contributed by atoms with E-state index in [0.29, 0.717) is 55.8 Å². The molecule has 0 aliphatic heterocycles. The monoisotopic (exact) mass is 623 g/mol. The van der Waals surface area contributed by atoms with Crippen molar-refractivity contribution in [1.82, 2.24) is 20.6 Å². The number of hydrogen-bond acceptors (Lipinski definition) is 5. The second kappa shape index (κ2) is 12.4. The summed E-state index contributed by atoms with van der Waals surface area (Å²) in [5.74, 6) is -0.615. The molecule has 0 saturated heterocycles. The molecule has 0 aliphatic carbocycles. The first-order valence-electron chi connectivity index (χ1n) is 14.6. The Kier molecular flexibility index (Phi) is 8.36. The summed E-state index contributed by atoms with van der Waals surface area (Å²) in [5, 5.41) is 10.5. The van der Waals surface area contributed by atoms with E-state index in [2.05, 4.69) is 10.6 Å². The van der Waals surface area contributed by atoms with Crippen LogP contribution in [0.2, 0.25) is 10.0 Å². The summed E-state index contributed by atoms with van der Waals surface area (Å²) in [7, 11) is 0. The third kappa shape index (κ3) is 5.54. The molecule has 2 atom stereocenters. The normalized spacial score (nSPS) is 13.7. The number of rotatable bonds is 8. The summed E-state index contributed by atoms with van der Waals surface area (Å²) in [6, 6.07) is 24.6. The molecule has 9 heteroatoms. The fourth-order valence-corrected chi connectivity index (χ4v) is 6.15. The highest BCUT2D eigenvalue weighted by Crippen LogP contribution is 2.30. The highest BCUT2D eigenvalue weighted by molar-refractivity contribution is 6.37. The van der Waals surface area contributed by atoms with Gasteiger partial charge in [-0.1, -0.05) is 73.4 Å². The number of amides is 2. The van der Waals surface area contributed by atoms with Gasteiger partial charge in [0.1, 0.15) is 0 Å². The topological polar surface area (TPSA) is 110 Å². The average Bonchev–Trinajstić information content (AvgIpc) is 3.04. The molecule has 0 radical (unpaired) electrons. The maximum Gasteiger partial charge on any atom is 0.253 e. The number of benzene rings is 4. The van der Waals surface area contributed by atoms with Crippen LogP contribution in [0.5, 0.6) is 0 Å². The van der Waals surface area contributed by atoms with E-state index in [-0.39, 0.29) is 11.8 Å². The lowest BCUT2D eigenvalue weighted by Crippen LogP contribution is -2.58. The zero-order chi connectivity index (χ0) is 31.0. The van der Waals surface area contributed by atoms with E-state index < -0.39 is 18.1 Å². The van der Waals surface area contributed by atoms with E-state index in [1.165, 1.54) is 0 Å². The molecule has 4 aromatic carbocycles. The van der Waals surface area contributed by atoms with Gasteiger partial charge in [-0.15, -0.1) is 0 Å². The molecule has 0 fully saturated rings. The maximum atomic E-state index is 13.7. The summed E-state index contributed by atoms with van der Waals surface area (Å²) in [6.45, 7) is 3.90. The van der Waals surface area contributed by atoms with Crippen molar-refractivity contribution in [2.24, 2.45) is 5.73 Å². The smallest absolute Gasteiger partial charge is 0.253 e. The van der Waals surface area contributed by atoms with Gasteiger partial charge in [-0.05, 0) is 61.4 Å². The predicted octanol–water partition coefficient (Wildman–Crippen LogP) is 7.44. The lowest BCUT2D eigenvalue weighted by molar-refractivity contribution is 0.0909. The Bertz CT molecular complexity index is 1920. The van der Waals surface area contributed by atoms with E-state index in [9.17, 15) is 9.59 Å². The van der Waals surface area contributed by atoms with E-state index in [0.717, 1.165) is 21.8 Å². The van der Waals surface area contributed by atoms with Crippen molar-refractivity contribution in [1.29, 1.82) is 0 Å². The first kappa shape index (κ1) is 29.8. The number of nitrogens with two attached hydrogens (primary N) is 1. The van der Waals surface area contributed by atoms with Crippen molar-refractivity contribution in [3.8, 4) is 0 Å². The van der Waals surface area contributed by atoms with Crippen LogP contribution in [0.1, 0.15) is 47.4 Å². The minimum atomic E-state index is -0.572. The molecule has 6 rings (SSSR count). The zero-order valence-corrected chi connectivity index (χ0v) is 25.8. The van der Waals surface area contributed by atoms with Gasteiger partial charge in [-0.2, -0.15) is 0 Å². The van der Waals surface area contributed by atoms with Crippen LogP contribution in [0.25, 0.3) is 43.6 Å². The molecule has 4 N–H and O–H groups in total. The maximum absolute atomic E-state index is 13.7. The summed E-state index contributed by atoms with van der Waals surface area (Å²) in [5.41, 5.74) is 10.1. The molecular formula is C35H31Cl2N5O2. The lowest BCUT2D eigenvalue weighted by atomic mass is 9.95. The van der Waals surface area contributed by atoms with Gasteiger partial charge < -0.3 is 16.4 Å². The molecule has 0 spiro atoms. The van der Waals surface area contributed by atoms with Gasteiger partial charge in [0.25, 0.3) is 11.8 Å². The van der Waals surface area contributed by atoms with Crippen LogP contribution >= 0.6 is 23.2 Å². The fraction of sp³-hybridized carbons (Fsp3) is 0.200. The molecule has 0 bridgehead atoms. The molecule has 2 amide bonds. The van der Waals surface area contributed by atoms with Crippen molar-refractivity contribution in [2.45, 2.75) is 44.8 Å². The van der Waals surface area contributed by atoms with Gasteiger partial charge in [-0.25, -0.2) is 9.97 Å². The van der Waals surface area contributed by atoms with Crippen molar-refractivity contribution in [3.05, 3.63) is 106 Å². The Morgan fingerprint density at radius 3 is 1.50 bits per heavy atom. The van der Waals surface area contributed by atoms with Crippen LogP contribution in [0.4, 0.5) is 0 Å². The number of nitrogens with one attached hydrogen (secondary N) is 2. The number of fused-ring (bicyclic) bond motifs is 4. The van der Waals surface area contributed by atoms with E-state index in [1.807, 2.05) is 74.5 Å². The molecule has 7 nitrogen and oxygen atoms in total. The molecule has 0 aliphatic rings. The Labute approximate surface area is 264 Å². The summed E-state index contributed by atoms with van der Waals surface area (Å²) in [4.78, 5) is 36.8. The fourth-order valence-electron chi connectivity index (χ4n) is 5.74. The third-order valence-corrected chi connectivity index (χ3v) is 8.86. The van der Waals surface area contributed by atoms with Gasteiger partial charge in [-0.3, -0.25) is 9.59 Å². The van der Waals surface area contributed by atoms with Gasteiger partial charge in [0.15, 0.2) is 0 Å². The lowest BCUT2D eigenvalue weighted by Gasteiger charge is -2.31. The van der Waals surface area contributed by atoms with Crippen LogP contribution in [-0.4, -0.2) is 39.9 Å². The van der Waals surface area contributed by atoms with E-state index >= 15 is 0 Å². The average molecular weight is 625 g/mol. The van der Waals surface area contributed by atoms with E-state index in [4.69, 9.17) is 38.9 Å². The second-order valence-electron chi connectivity index (χ2n) is 10.9. The Hall–Kier alpha value is -4.30. The summed E-state index contributed by atoms with van der Waals surface area (Å²) >= 11 is 13.0. The molecule has 2 heterocycles.